The first-order valence-electron chi connectivity index (χ1n) is 4.34. The monoisotopic (exact) mass is 186 g/mol. The molecule has 0 aromatic carbocycles. The summed E-state index contributed by atoms with van der Waals surface area (Å²) in [6.07, 6.45) is 1.73. The Morgan fingerprint density at radius 3 is 2.77 bits per heavy atom. The normalized spacial score (nSPS) is 22.8. The van der Waals surface area contributed by atoms with Crippen molar-refractivity contribution in [3.8, 4) is 0 Å². The summed E-state index contributed by atoms with van der Waals surface area (Å²) in [5.74, 6) is -1.46. The lowest BCUT2D eigenvalue weighted by molar-refractivity contribution is -0.145. The Bertz CT molecular complexity index is 217. The fourth-order valence-electron chi connectivity index (χ4n) is 1.55. The number of carbonyl (C=O) groups excluding carboxylic acids is 2. The van der Waals surface area contributed by atoms with Crippen molar-refractivity contribution in [2.75, 3.05) is 19.7 Å². The van der Waals surface area contributed by atoms with Crippen molar-refractivity contribution in [3.05, 3.63) is 0 Å². The van der Waals surface area contributed by atoms with Gasteiger partial charge >= 0.3 is 11.8 Å². The molecule has 1 unspecified atom stereocenters. The van der Waals surface area contributed by atoms with Gasteiger partial charge in [-0.3, -0.25) is 9.59 Å². The number of amides is 2. The molecule has 3 N–H and O–H groups in total. The van der Waals surface area contributed by atoms with E-state index in [1.54, 1.807) is 0 Å². The van der Waals surface area contributed by atoms with Crippen LogP contribution in [0.25, 0.3) is 0 Å². The number of primary amides is 1. The van der Waals surface area contributed by atoms with Gasteiger partial charge in [-0.25, -0.2) is 0 Å². The lowest BCUT2D eigenvalue weighted by Crippen LogP contribution is -2.46. The lowest BCUT2D eigenvalue weighted by Gasteiger charge is -2.30. The van der Waals surface area contributed by atoms with Crippen LogP contribution in [-0.4, -0.2) is 41.5 Å². The molecule has 1 aliphatic rings. The fourth-order valence-corrected chi connectivity index (χ4v) is 1.55. The highest BCUT2D eigenvalue weighted by Gasteiger charge is 2.25. The summed E-state index contributed by atoms with van der Waals surface area (Å²) in [5, 5.41) is 8.88. The smallest absolute Gasteiger partial charge is 0.311 e. The number of likely N-dealkylation sites (tertiary alicyclic amines) is 1. The topological polar surface area (TPSA) is 83.6 Å². The summed E-state index contributed by atoms with van der Waals surface area (Å²) in [5.41, 5.74) is 4.86. The van der Waals surface area contributed by atoms with E-state index in [0.717, 1.165) is 12.8 Å². The largest absolute Gasteiger partial charge is 0.396 e. The SMILES string of the molecule is NC(=O)C(=O)N1CCCC(CO)C1. The summed E-state index contributed by atoms with van der Waals surface area (Å²) >= 11 is 0. The second-order valence-electron chi connectivity index (χ2n) is 3.31. The number of hydrogen-bond donors (Lipinski definition) is 2. The summed E-state index contributed by atoms with van der Waals surface area (Å²) in [6, 6.07) is 0. The summed E-state index contributed by atoms with van der Waals surface area (Å²) in [6.45, 7) is 1.07. The van der Waals surface area contributed by atoms with Crippen molar-refractivity contribution in [2.45, 2.75) is 12.8 Å². The molecule has 0 spiro atoms. The van der Waals surface area contributed by atoms with Gasteiger partial charge in [0, 0.05) is 19.7 Å². The van der Waals surface area contributed by atoms with Gasteiger partial charge in [-0.1, -0.05) is 0 Å². The van der Waals surface area contributed by atoms with Crippen LogP contribution >= 0.6 is 0 Å². The van der Waals surface area contributed by atoms with E-state index < -0.39 is 11.8 Å². The van der Waals surface area contributed by atoms with Gasteiger partial charge in [0.25, 0.3) is 0 Å². The Morgan fingerprint density at radius 1 is 1.54 bits per heavy atom. The Kier molecular flexibility index (Phi) is 3.25. The molecule has 1 saturated heterocycles. The van der Waals surface area contributed by atoms with Crippen molar-refractivity contribution >= 4 is 11.8 Å². The van der Waals surface area contributed by atoms with Gasteiger partial charge in [0.15, 0.2) is 0 Å². The quantitative estimate of drug-likeness (QED) is 0.499. The highest BCUT2D eigenvalue weighted by atomic mass is 16.3. The standard InChI is InChI=1S/C8H14N2O3/c9-7(12)8(13)10-3-1-2-6(4-10)5-11/h6,11H,1-5H2,(H2,9,12). The van der Waals surface area contributed by atoms with Crippen LogP contribution in [0.2, 0.25) is 0 Å². The molecule has 5 heteroatoms. The van der Waals surface area contributed by atoms with E-state index in [1.165, 1.54) is 4.90 Å². The van der Waals surface area contributed by atoms with Gasteiger partial charge in [0.2, 0.25) is 0 Å². The third-order valence-electron chi connectivity index (χ3n) is 2.28. The molecule has 0 bridgehead atoms. The maximum Gasteiger partial charge on any atom is 0.311 e. The average molecular weight is 186 g/mol. The maximum atomic E-state index is 11.1. The number of aliphatic hydroxyl groups is 1. The van der Waals surface area contributed by atoms with Crippen LogP contribution in [0.5, 0.6) is 0 Å². The second kappa shape index (κ2) is 4.23. The third kappa shape index (κ3) is 2.42. The Hall–Kier alpha value is -1.10. The van der Waals surface area contributed by atoms with Gasteiger partial charge < -0.3 is 15.7 Å². The minimum absolute atomic E-state index is 0.0581. The molecule has 0 aliphatic carbocycles. The molecular weight excluding hydrogens is 172 g/mol. The zero-order valence-electron chi connectivity index (χ0n) is 7.40. The summed E-state index contributed by atoms with van der Waals surface area (Å²) in [4.78, 5) is 23.1. The predicted octanol–water partition coefficient (Wildman–Crippen LogP) is -1.30. The van der Waals surface area contributed by atoms with Crippen molar-refractivity contribution < 1.29 is 14.7 Å². The first-order valence-corrected chi connectivity index (χ1v) is 4.34. The van der Waals surface area contributed by atoms with Crippen molar-refractivity contribution in [1.29, 1.82) is 0 Å². The highest BCUT2D eigenvalue weighted by Crippen LogP contribution is 2.15. The molecular formula is C8H14N2O3. The van der Waals surface area contributed by atoms with Crippen LogP contribution in [0.1, 0.15) is 12.8 Å². The van der Waals surface area contributed by atoms with E-state index in [-0.39, 0.29) is 12.5 Å². The Morgan fingerprint density at radius 2 is 2.23 bits per heavy atom. The number of aliphatic hydroxyl groups excluding tert-OH is 1. The number of nitrogens with two attached hydrogens (primary N) is 1. The molecule has 1 heterocycles. The molecule has 0 saturated carbocycles. The first-order chi connectivity index (χ1) is 6.15. The van der Waals surface area contributed by atoms with E-state index in [4.69, 9.17) is 10.8 Å². The zero-order valence-corrected chi connectivity index (χ0v) is 7.40. The Balaban J connectivity index is 2.51. The number of carbonyl (C=O) groups is 2. The average Bonchev–Trinajstić information content (AvgIpc) is 2.16. The molecule has 0 radical (unpaired) electrons. The second-order valence-corrected chi connectivity index (χ2v) is 3.31. The maximum absolute atomic E-state index is 11.1. The number of nitrogens with zero attached hydrogens (tertiary/aromatic N) is 1. The minimum atomic E-state index is -0.918. The van der Waals surface area contributed by atoms with Crippen LogP contribution in [0.3, 0.4) is 0 Å². The number of piperidine rings is 1. The van der Waals surface area contributed by atoms with E-state index in [1.807, 2.05) is 0 Å². The number of hydrogen-bond acceptors (Lipinski definition) is 3. The third-order valence-corrected chi connectivity index (χ3v) is 2.28. The molecule has 13 heavy (non-hydrogen) atoms. The lowest BCUT2D eigenvalue weighted by atomic mass is 9.99. The number of rotatable bonds is 1. The van der Waals surface area contributed by atoms with Crippen molar-refractivity contribution in [2.24, 2.45) is 11.7 Å². The molecule has 2 amide bonds. The molecule has 5 nitrogen and oxygen atoms in total. The summed E-state index contributed by atoms with van der Waals surface area (Å²) in [7, 11) is 0. The van der Waals surface area contributed by atoms with Crippen molar-refractivity contribution in [1.82, 2.24) is 4.90 Å². The zero-order chi connectivity index (χ0) is 9.84. The first kappa shape index (κ1) is 9.98. The van der Waals surface area contributed by atoms with Crippen LogP contribution in [0, 0.1) is 5.92 Å². The van der Waals surface area contributed by atoms with E-state index in [2.05, 4.69) is 0 Å². The van der Waals surface area contributed by atoms with E-state index >= 15 is 0 Å². The molecule has 1 atom stereocenters. The van der Waals surface area contributed by atoms with Gasteiger partial charge in [-0.2, -0.15) is 0 Å². The molecule has 1 rings (SSSR count). The van der Waals surface area contributed by atoms with Crippen LogP contribution < -0.4 is 5.73 Å². The van der Waals surface area contributed by atoms with E-state index in [0.29, 0.717) is 13.1 Å². The molecule has 0 aromatic heterocycles. The van der Waals surface area contributed by atoms with Gasteiger partial charge in [-0.05, 0) is 18.8 Å². The molecule has 74 valence electrons. The fraction of sp³-hybridized carbons (Fsp3) is 0.750. The van der Waals surface area contributed by atoms with Crippen molar-refractivity contribution in [3.63, 3.8) is 0 Å². The van der Waals surface area contributed by atoms with Crippen LogP contribution in [0.15, 0.2) is 0 Å². The van der Waals surface area contributed by atoms with Crippen LogP contribution in [0.4, 0.5) is 0 Å². The highest BCUT2D eigenvalue weighted by molar-refractivity contribution is 6.34. The van der Waals surface area contributed by atoms with Gasteiger partial charge in [0.1, 0.15) is 0 Å². The summed E-state index contributed by atoms with van der Waals surface area (Å²) < 4.78 is 0. The minimum Gasteiger partial charge on any atom is -0.396 e. The molecule has 1 aliphatic heterocycles. The predicted molar refractivity (Wildman–Crippen MR) is 45.6 cm³/mol. The Labute approximate surface area is 76.5 Å². The van der Waals surface area contributed by atoms with Gasteiger partial charge in [-0.15, -0.1) is 0 Å². The van der Waals surface area contributed by atoms with Gasteiger partial charge in [0.05, 0.1) is 0 Å². The van der Waals surface area contributed by atoms with Crippen LogP contribution in [-0.2, 0) is 9.59 Å². The molecule has 0 aromatic rings. The molecule has 1 fully saturated rings. The van der Waals surface area contributed by atoms with E-state index in [9.17, 15) is 9.59 Å².